The molecular formula is C12H12NOP. The fourth-order valence-corrected chi connectivity index (χ4v) is 1.74. The molecule has 1 unspecified atom stereocenters. The molecule has 0 bridgehead atoms. The summed E-state index contributed by atoms with van der Waals surface area (Å²) in [5.41, 5.74) is 1.08. The molecule has 1 atom stereocenters. The topological polar surface area (TPSA) is 21.3 Å². The Kier molecular flexibility index (Phi) is 3.58. The highest BCUT2D eigenvalue weighted by molar-refractivity contribution is 7.34. The van der Waals surface area contributed by atoms with Crippen LogP contribution in [0, 0.1) is 0 Å². The van der Waals surface area contributed by atoms with Gasteiger partial charge in [-0.15, -0.1) is 0 Å². The molecule has 0 fully saturated rings. The normalized spacial score (nSPS) is 10.4. The van der Waals surface area contributed by atoms with E-state index < -0.39 is 0 Å². The van der Waals surface area contributed by atoms with Crippen molar-refractivity contribution in [2.24, 2.45) is 0 Å². The summed E-state index contributed by atoms with van der Waals surface area (Å²) < 4.78 is 5.53. The maximum Gasteiger partial charge on any atom is 0.174 e. The minimum absolute atomic E-state index is 0.237. The van der Waals surface area contributed by atoms with Gasteiger partial charge in [-0.05, 0) is 24.3 Å². The first-order chi connectivity index (χ1) is 7.45. The van der Waals surface area contributed by atoms with E-state index in [0.717, 1.165) is 11.4 Å². The van der Waals surface area contributed by atoms with E-state index in [0.29, 0.717) is 0 Å². The van der Waals surface area contributed by atoms with Gasteiger partial charge in [0.2, 0.25) is 0 Å². The Morgan fingerprint density at radius 2 is 1.40 bits per heavy atom. The molecular weight excluding hydrogens is 205 g/mol. The molecule has 2 nitrogen and oxygen atoms in total. The number of anilines is 1. The van der Waals surface area contributed by atoms with Gasteiger partial charge in [-0.2, -0.15) is 0 Å². The summed E-state index contributed by atoms with van der Waals surface area (Å²) in [4.78, 5) is 0. The molecule has 0 aliphatic carbocycles. The van der Waals surface area contributed by atoms with Gasteiger partial charge in [0.05, 0.1) is 0 Å². The largest absolute Gasteiger partial charge is 0.456 e. The maximum atomic E-state index is 5.53. The van der Waals surface area contributed by atoms with Crippen LogP contribution in [0.15, 0.2) is 60.7 Å². The summed E-state index contributed by atoms with van der Waals surface area (Å²) in [7, 11) is 0.237. The van der Waals surface area contributed by atoms with Gasteiger partial charge in [-0.1, -0.05) is 36.4 Å². The molecule has 2 aromatic rings. The molecule has 76 valence electrons. The zero-order valence-corrected chi connectivity index (χ0v) is 9.18. The number of rotatable bonds is 4. The second-order valence-electron chi connectivity index (χ2n) is 3.01. The Morgan fingerprint density at radius 1 is 0.800 bits per heavy atom. The summed E-state index contributed by atoms with van der Waals surface area (Å²) in [6.45, 7) is 0. The number of hydrogen-bond acceptors (Lipinski definition) is 2. The fourth-order valence-electron chi connectivity index (χ4n) is 1.15. The standard InChI is InChI=1S/C12H12NOP/c1-3-7-11(8-4-1)13-15-14-12-9-5-2-6-10-12/h1-10,13,15H. The van der Waals surface area contributed by atoms with E-state index in [1.807, 2.05) is 60.7 Å². The van der Waals surface area contributed by atoms with Gasteiger partial charge in [0.15, 0.2) is 8.96 Å². The van der Waals surface area contributed by atoms with E-state index in [4.69, 9.17) is 4.52 Å². The predicted molar refractivity (Wildman–Crippen MR) is 65.4 cm³/mol. The highest BCUT2D eigenvalue weighted by atomic mass is 31.1. The van der Waals surface area contributed by atoms with Crippen molar-refractivity contribution in [1.29, 1.82) is 0 Å². The minimum Gasteiger partial charge on any atom is -0.456 e. The lowest BCUT2D eigenvalue weighted by Crippen LogP contribution is -1.87. The lowest BCUT2D eigenvalue weighted by Gasteiger charge is -2.07. The summed E-state index contributed by atoms with van der Waals surface area (Å²) >= 11 is 0. The van der Waals surface area contributed by atoms with Gasteiger partial charge < -0.3 is 9.61 Å². The molecule has 0 saturated carbocycles. The Balaban J connectivity index is 1.81. The number of para-hydroxylation sites is 2. The zero-order valence-electron chi connectivity index (χ0n) is 8.18. The Bertz CT molecular complexity index is 351. The van der Waals surface area contributed by atoms with Crippen LogP contribution in [0.25, 0.3) is 0 Å². The lowest BCUT2D eigenvalue weighted by molar-refractivity contribution is 0.635. The van der Waals surface area contributed by atoms with Crippen molar-refractivity contribution in [3.8, 4) is 5.75 Å². The highest BCUT2D eigenvalue weighted by Gasteiger charge is 1.91. The monoisotopic (exact) mass is 217 g/mol. The molecule has 1 N–H and O–H groups in total. The molecule has 15 heavy (non-hydrogen) atoms. The van der Waals surface area contributed by atoms with Crippen LogP contribution in [0.2, 0.25) is 0 Å². The maximum absolute atomic E-state index is 5.53. The molecule has 2 aromatic carbocycles. The van der Waals surface area contributed by atoms with Crippen LogP contribution in [0.4, 0.5) is 5.69 Å². The van der Waals surface area contributed by atoms with Gasteiger partial charge >= 0.3 is 0 Å². The fraction of sp³-hybridized carbons (Fsp3) is 0. The van der Waals surface area contributed by atoms with Gasteiger partial charge in [-0.3, -0.25) is 0 Å². The van der Waals surface area contributed by atoms with Crippen molar-refractivity contribution in [3.05, 3.63) is 60.7 Å². The van der Waals surface area contributed by atoms with E-state index in [-0.39, 0.29) is 8.96 Å². The van der Waals surface area contributed by atoms with Crippen LogP contribution in [0.1, 0.15) is 0 Å². The molecule has 0 saturated heterocycles. The van der Waals surface area contributed by atoms with Crippen molar-refractivity contribution >= 4 is 14.6 Å². The summed E-state index contributed by atoms with van der Waals surface area (Å²) in [6, 6.07) is 19.8. The molecule has 0 aliphatic rings. The third-order valence-corrected chi connectivity index (χ3v) is 2.61. The number of nitrogens with one attached hydrogen (secondary N) is 1. The third kappa shape index (κ3) is 3.26. The van der Waals surface area contributed by atoms with Crippen molar-refractivity contribution < 1.29 is 4.52 Å². The predicted octanol–water partition coefficient (Wildman–Crippen LogP) is 3.69. The first-order valence-electron chi connectivity index (χ1n) is 4.73. The van der Waals surface area contributed by atoms with Crippen LogP contribution in [0.5, 0.6) is 5.75 Å². The quantitative estimate of drug-likeness (QED) is 0.788. The molecule has 0 spiro atoms. The van der Waals surface area contributed by atoms with Crippen LogP contribution >= 0.6 is 8.96 Å². The average Bonchev–Trinajstić information content (AvgIpc) is 2.32. The summed E-state index contributed by atoms with van der Waals surface area (Å²) in [6.07, 6.45) is 0. The van der Waals surface area contributed by atoms with Gasteiger partial charge in [-0.25, -0.2) is 0 Å². The van der Waals surface area contributed by atoms with E-state index in [1.54, 1.807) is 0 Å². The van der Waals surface area contributed by atoms with Gasteiger partial charge in [0.1, 0.15) is 5.75 Å². The van der Waals surface area contributed by atoms with E-state index >= 15 is 0 Å². The Hall–Kier alpha value is -1.53. The van der Waals surface area contributed by atoms with Crippen LogP contribution in [-0.2, 0) is 0 Å². The number of benzene rings is 2. The molecule has 0 radical (unpaired) electrons. The molecule has 0 aromatic heterocycles. The lowest BCUT2D eigenvalue weighted by atomic mass is 10.3. The molecule has 0 aliphatic heterocycles. The van der Waals surface area contributed by atoms with E-state index in [1.165, 1.54) is 0 Å². The molecule has 3 heteroatoms. The SMILES string of the molecule is c1ccc(NPOc2ccccc2)cc1. The summed E-state index contributed by atoms with van der Waals surface area (Å²) in [5.74, 6) is 0.888. The average molecular weight is 217 g/mol. The third-order valence-electron chi connectivity index (χ3n) is 1.88. The summed E-state index contributed by atoms with van der Waals surface area (Å²) in [5, 5.41) is 3.20. The smallest absolute Gasteiger partial charge is 0.174 e. The van der Waals surface area contributed by atoms with Gasteiger partial charge in [0.25, 0.3) is 0 Å². The Labute approximate surface area is 91.2 Å². The first kappa shape index (κ1) is 10.0. The zero-order chi connectivity index (χ0) is 10.3. The highest BCUT2D eigenvalue weighted by Crippen LogP contribution is 2.21. The van der Waals surface area contributed by atoms with Gasteiger partial charge in [0, 0.05) is 5.69 Å². The molecule has 2 rings (SSSR count). The van der Waals surface area contributed by atoms with Crippen molar-refractivity contribution in [2.75, 3.05) is 5.09 Å². The van der Waals surface area contributed by atoms with E-state index in [9.17, 15) is 0 Å². The second-order valence-corrected chi connectivity index (χ2v) is 3.67. The molecule has 0 heterocycles. The van der Waals surface area contributed by atoms with Crippen molar-refractivity contribution in [1.82, 2.24) is 0 Å². The van der Waals surface area contributed by atoms with Crippen molar-refractivity contribution in [2.45, 2.75) is 0 Å². The Morgan fingerprint density at radius 3 is 2.07 bits per heavy atom. The van der Waals surface area contributed by atoms with Crippen molar-refractivity contribution in [3.63, 3.8) is 0 Å². The van der Waals surface area contributed by atoms with Crippen LogP contribution in [-0.4, -0.2) is 0 Å². The second kappa shape index (κ2) is 5.38. The number of hydrogen-bond donors (Lipinski definition) is 1. The van der Waals surface area contributed by atoms with Crippen LogP contribution in [0.3, 0.4) is 0 Å². The first-order valence-corrected chi connectivity index (χ1v) is 5.64. The van der Waals surface area contributed by atoms with Crippen LogP contribution < -0.4 is 9.61 Å². The molecule has 0 amide bonds. The van der Waals surface area contributed by atoms with E-state index in [2.05, 4.69) is 5.09 Å². The minimum atomic E-state index is 0.237.